The second kappa shape index (κ2) is 6.31. The van der Waals surface area contributed by atoms with Crippen molar-refractivity contribution >= 4 is 5.91 Å². The zero-order valence-electron chi connectivity index (χ0n) is 12.5. The first kappa shape index (κ1) is 14.9. The van der Waals surface area contributed by atoms with E-state index in [9.17, 15) is 4.79 Å². The Kier molecular flexibility index (Phi) is 4.70. The zero-order valence-corrected chi connectivity index (χ0v) is 12.5. The first-order valence-electron chi connectivity index (χ1n) is 7.13. The number of rotatable bonds is 3. The molecule has 0 aliphatic carbocycles. The van der Waals surface area contributed by atoms with E-state index in [0.717, 1.165) is 24.1 Å². The van der Waals surface area contributed by atoms with Gasteiger partial charge in [-0.1, -0.05) is 20.8 Å². The van der Waals surface area contributed by atoms with E-state index in [4.69, 9.17) is 4.74 Å². The maximum Gasteiger partial charge on any atom is 0.223 e. The predicted molar refractivity (Wildman–Crippen MR) is 76.1 cm³/mol. The van der Waals surface area contributed by atoms with E-state index < -0.39 is 0 Å². The molecule has 5 heteroatoms. The smallest absolute Gasteiger partial charge is 0.223 e. The molecule has 1 aromatic rings. The summed E-state index contributed by atoms with van der Waals surface area (Å²) in [4.78, 5) is 20.5. The van der Waals surface area contributed by atoms with Crippen LogP contribution in [0.15, 0.2) is 12.5 Å². The Morgan fingerprint density at radius 2 is 2.10 bits per heavy atom. The average molecular weight is 277 g/mol. The maximum absolute atomic E-state index is 12.1. The Morgan fingerprint density at radius 3 is 2.75 bits per heavy atom. The standard InChI is InChI=1S/C15H23N3O2/c1-15(2,3)13-12(8-16-10-18-13)9-17-14(19)11-4-6-20-7-5-11/h8,10-11H,4-7,9H2,1-3H3,(H,17,19). The van der Waals surface area contributed by atoms with Gasteiger partial charge in [0, 0.05) is 42.9 Å². The third kappa shape index (κ3) is 3.76. The summed E-state index contributed by atoms with van der Waals surface area (Å²) in [5, 5.41) is 3.01. The van der Waals surface area contributed by atoms with E-state index in [1.54, 1.807) is 12.5 Å². The van der Waals surface area contributed by atoms with Crippen LogP contribution in [0.25, 0.3) is 0 Å². The lowest BCUT2D eigenvalue weighted by Gasteiger charge is -2.23. The molecule has 0 spiro atoms. The summed E-state index contributed by atoms with van der Waals surface area (Å²) in [6, 6.07) is 0. The number of carbonyl (C=O) groups excluding carboxylic acids is 1. The van der Waals surface area contributed by atoms with Crippen LogP contribution < -0.4 is 5.32 Å². The second-order valence-corrected chi connectivity index (χ2v) is 6.25. The monoisotopic (exact) mass is 277 g/mol. The summed E-state index contributed by atoms with van der Waals surface area (Å²) in [7, 11) is 0. The molecule has 1 fully saturated rings. The van der Waals surface area contributed by atoms with Crippen molar-refractivity contribution in [3.05, 3.63) is 23.8 Å². The van der Waals surface area contributed by atoms with Gasteiger partial charge in [-0.05, 0) is 12.8 Å². The van der Waals surface area contributed by atoms with Crippen molar-refractivity contribution in [2.75, 3.05) is 13.2 Å². The Hall–Kier alpha value is -1.49. The van der Waals surface area contributed by atoms with Gasteiger partial charge < -0.3 is 10.1 Å². The number of amides is 1. The number of nitrogens with zero attached hydrogens (tertiary/aromatic N) is 2. The molecular weight excluding hydrogens is 254 g/mol. The van der Waals surface area contributed by atoms with Crippen molar-refractivity contribution < 1.29 is 9.53 Å². The van der Waals surface area contributed by atoms with Gasteiger partial charge in [-0.15, -0.1) is 0 Å². The van der Waals surface area contributed by atoms with Crippen LogP contribution in [-0.2, 0) is 21.5 Å². The van der Waals surface area contributed by atoms with Crippen LogP contribution in [0, 0.1) is 5.92 Å². The quantitative estimate of drug-likeness (QED) is 0.915. The van der Waals surface area contributed by atoms with Gasteiger partial charge in [0.05, 0.1) is 5.69 Å². The first-order valence-corrected chi connectivity index (χ1v) is 7.13. The van der Waals surface area contributed by atoms with Crippen LogP contribution in [-0.4, -0.2) is 29.1 Å². The molecule has 0 aromatic carbocycles. The number of carbonyl (C=O) groups is 1. The van der Waals surface area contributed by atoms with Crippen LogP contribution in [0.4, 0.5) is 0 Å². The molecule has 1 N–H and O–H groups in total. The highest BCUT2D eigenvalue weighted by atomic mass is 16.5. The van der Waals surface area contributed by atoms with E-state index in [1.165, 1.54) is 0 Å². The summed E-state index contributed by atoms with van der Waals surface area (Å²) < 4.78 is 5.28. The van der Waals surface area contributed by atoms with Crippen molar-refractivity contribution in [1.29, 1.82) is 0 Å². The van der Waals surface area contributed by atoms with Crippen LogP contribution in [0.2, 0.25) is 0 Å². The van der Waals surface area contributed by atoms with Crippen molar-refractivity contribution in [2.45, 2.75) is 45.6 Å². The predicted octanol–water partition coefficient (Wildman–Crippen LogP) is 1.82. The average Bonchev–Trinajstić information content (AvgIpc) is 2.45. The van der Waals surface area contributed by atoms with Crippen molar-refractivity contribution in [2.24, 2.45) is 5.92 Å². The number of hydrogen-bond donors (Lipinski definition) is 1. The Bertz CT molecular complexity index is 462. The molecule has 1 saturated heterocycles. The Balaban J connectivity index is 1.98. The van der Waals surface area contributed by atoms with Gasteiger partial charge >= 0.3 is 0 Å². The highest BCUT2D eigenvalue weighted by Gasteiger charge is 2.23. The van der Waals surface area contributed by atoms with Gasteiger partial charge in [0.1, 0.15) is 6.33 Å². The topological polar surface area (TPSA) is 64.1 Å². The van der Waals surface area contributed by atoms with Gasteiger partial charge in [-0.2, -0.15) is 0 Å². The second-order valence-electron chi connectivity index (χ2n) is 6.25. The summed E-state index contributed by atoms with van der Waals surface area (Å²) >= 11 is 0. The Labute approximate surface area is 120 Å². The van der Waals surface area contributed by atoms with Crippen LogP contribution in [0.1, 0.15) is 44.9 Å². The first-order chi connectivity index (χ1) is 9.48. The molecule has 2 heterocycles. The molecule has 0 radical (unpaired) electrons. The minimum absolute atomic E-state index is 0.0539. The SMILES string of the molecule is CC(C)(C)c1ncncc1CNC(=O)C1CCOCC1. The molecule has 0 bridgehead atoms. The van der Waals surface area contributed by atoms with Gasteiger partial charge in [-0.25, -0.2) is 9.97 Å². The fourth-order valence-electron chi connectivity index (χ4n) is 2.45. The molecule has 1 aromatic heterocycles. The van der Waals surface area contributed by atoms with Crippen LogP contribution in [0.3, 0.4) is 0 Å². The van der Waals surface area contributed by atoms with E-state index in [2.05, 4.69) is 36.1 Å². The highest BCUT2D eigenvalue weighted by Crippen LogP contribution is 2.23. The molecule has 0 saturated carbocycles. The van der Waals surface area contributed by atoms with Gasteiger partial charge in [0.15, 0.2) is 0 Å². The minimum Gasteiger partial charge on any atom is -0.381 e. The maximum atomic E-state index is 12.1. The molecular formula is C15H23N3O2. The lowest BCUT2D eigenvalue weighted by Crippen LogP contribution is -2.34. The van der Waals surface area contributed by atoms with E-state index in [1.807, 2.05) is 0 Å². The third-order valence-corrected chi connectivity index (χ3v) is 3.54. The molecule has 0 atom stereocenters. The Morgan fingerprint density at radius 1 is 1.40 bits per heavy atom. The van der Waals surface area contributed by atoms with Crippen molar-refractivity contribution in [3.63, 3.8) is 0 Å². The number of aromatic nitrogens is 2. The van der Waals surface area contributed by atoms with E-state index in [0.29, 0.717) is 19.8 Å². The number of nitrogens with one attached hydrogen (secondary N) is 1. The van der Waals surface area contributed by atoms with Crippen LogP contribution >= 0.6 is 0 Å². The molecule has 20 heavy (non-hydrogen) atoms. The molecule has 2 rings (SSSR count). The molecule has 1 amide bonds. The lowest BCUT2D eigenvalue weighted by atomic mass is 9.89. The number of hydrogen-bond acceptors (Lipinski definition) is 4. The third-order valence-electron chi connectivity index (χ3n) is 3.54. The summed E-state index contributed by atoms with van der Waals surface area (Å²) in [6.07, 6.45) is 4.97. The largest absolute Gasteiger partial charge is 0.381 e. The van der Waals surface area contributed by atoms with Crippen molar-refractivity contribution in [1.82, 2.24) is 15.3 Å². The molecule has 0 unspecified atom stereocenters. The van der Waals surface area contributed by atoms with Gasteiger partial charge in [0.25, 0.3) is 0 Å². The van der Waals surface area contributed by atoms with Gasteiger partial charge in [-0.3, -0.25) is 4.79 Å². The normalized spacial score (nSPS) is 16.9. The fourth-order valence-corrected chi connectivity index (χ4v) is 2.45. The fraction of sp³-hybridized carbons (Fsp3) is 0.667. The minimum atomic E-state index is -0.0539. The summed E-state index contributed by atoms with van der Waals surface area (Å²) in [6.45, 7) is 8.18. The molecule has 110 valence electrons. The van der Waals surface area contributed by atoms with E-state index in [-0.39, 0.29) is 17.2 Å². The lowest BCUT2D eigenvalue weighted by molar-refractivity contribution is -0.128. The summed E-state index contributed by atoms with van der Waals surface area (Å²) in [5.41, 5.74) is 1.92. The van der Waals surface area contributed by atoms with Crippen molar-refractivity contribution in [3.8, 4) is 0 Å². The van der Waals surface area contributed by atoms with Crippen LogP contribution in [0.5, 0.6) is 0 Å². The molecule has 5 nitrogen and oxygen atoms in total. The molecule has 1 aliphatic rings. The number of ether oxygens (including phenoxy) is 1. The highest BCUT2D eigenvalue weighted by molar-refractivity contribution is 5.78. The summed E-state index contributed by atoms with van der Waals surface area (Å²) in [5.74, 6) is 0.184. The van der Waals surface area contributed by atoms with Gasteiger partial charge in [0.2, 0.25) is 5.91 Å². The molecule has 1 aliphatic heterocycles. The van der Waals surface area contributed by atoms with E-state index >= 15 is 0 Å². The zero-order chi connectivity index (χ0) is 14.6.